The molecule has 1 heterocycles. The third-order valence-corrected chi connectivity index (χ3v) is 4.30. The van der Waals surface area contributed by atoms with Crippen molar-refractivity contribution in [3.05, 3.63) is 101 Å². The zero-order valence-corrected chi connectivity index (χ0v) is 14.9. The van der Waals surface area contributed by atoms with E-state index in [1.54, 1.807) is 24.3 Å². The molecule has 0 bridgehead atoms. The molecule has 6 heteroatoms. The van der Waals surface area contributed by atoms with Gasteiger partial charge in [0, 0.05) is 16.3 Å². The van der Waals surface area contributed by atoms with E-state index < -0.39 is 0 Å². The van der Waals surface area contributed by atoms with Crippen LogP contribution in [-0.4, -0.2) is 10.2 Å². The van der Waals surface area contributed by atoms with Gasteiger partial charge in [-0.1, -0.05) is 48.0 Å². The van der Waals surface area contributed by atoms with E-state index in [1.807, 2.05) is 42.5 Å². The average Bonchev–Trinajstić information content (AvgIpc) is 3.18. The monoisotopic (exact) mass is 379 g/mol. The molecule has 4 rings (SSSR count). The van der Waals surface area contributed by atoms with Crippen molar-refractivity contribution >= 4 is 17.3 Å². The first kappa shape index (κ1) is 17.2. The highest BCUT2D eigenvalue weighted by atomic mass is 35.5. The Kier molecular flexibility index (Phi) is 4.85. The standard InChI is InChI=1S/C21H15ClFN3O/c22-16-11-9-14(10-12-16)19(24-18-7-2-1-3-8-18)21-26-25-20(27-21)15-5-4-6-17(23)13-15/h1-13,19,24H. The van der Waals surface area contributed by atoms with E-state index in [1.165, 1.54) is 12.1 Å². The van der Waals surface area contributed by atoms with Gasteiger partial charge in [-0.3, -0.25) is 0 Å². The molecule has 1 N–H and O–H groups in total. The summed E-state index contributed by atoms with van der Waals surface area (Å²) in [7, 11) is 0. The van der Waals surface area contributed by atoms with Crippen LogP contribution in [0.15, 0.2) is 83.3 Å². The molecule has 0 amide bonds. The third kappa shape index (κ3) is 3.99. The summed E-state index contributed by atoms with van der Waals surface area (Å²) in [6, 6.07) is 22.8. The highest BCUT2D eigenvalue weighted by molar-refractivity contribution is 6.30. The molecule has 1 atom stereocenters. The summed E-state index contributed by atoms with van der Waals surface area (Å²) in [5.74, 6) is 0.280. The summed E-state index contributed by atoms with van der Waals surface area (Å²) in [5.41, 5.74) is 2.35. The summed E-state index contributed by atoms with van der Waals surface area (Å²) >= 11 is 6.01. The van der Waals surface area contributed by atoms with Crippen LogP contribution in [0.2, 0.25) is 5.02 Å². The minimum atomic E-state index is -0.375. The van der Waals surface area contributed by atoms with Crippen molar-refractivity contribution < 1.29 is 8.81 Å². The Labute approximate surface area is 160 Å². The number of aromatic nitrogens is 2. The third-order valence-electron chi connectivity index (χ3n) is 4.05. The fourth-order valence-electron chi connectivity index (χ4n) is 2.73. The molecule has 0 spiro atoms. The van der Waals surface area contributed by atoms with Gasteiger partial charge in [0.2, 0.25) is 11.8 Å². The van der Waals surface area contributed by atoms with Gasteiger partial charge < -0.3 is 9.73 Å². The molecular weight excluding hydrogens is 365 g/mol. The largest absolute Gasteiger partial charge is 0.418 e. The van der Waals surface area contributed by atoms with Crippen LogP contribution in [0.25, 0.3) is 11.5 Å². The average molecular weight is 380 g/mol. The van der Waals surface area contributed by atoms with E-state index in [9.17, 15) is 4.39 Å². The molecule has 0 radical (unpaired) electrons. The number of para-hydroxylation sites is 1. The Bertz CT molecular complexity index is 1030. The van der Waals surface area contributed by atoms with Gasteiger partial charge in [-0.05, 0) is 48.0 Å². The minimum absolute atomic E-state index is 0.262. The zero-order chi connectivity index (χ0) is 18.6. The first-order chi connectivity index (χ1) is 13.2. The Balaban J connectivity index is 1.71. The summed E-state index contributed by atoms with van der Waals surface area (Å²) < 4.78 is 19.4. The quantitative estimate of drug-likeness (QED) is 0.481. The van der Waals surface area contributed by atoms with E-state index >= 15 is 0 Å². The van der Waals surface area contributed by atoms with E-state index in [4.69, 9.17) is 16.0 Å². The highest BCUT2D eigenvalue weighted by Crippen LogP contribution is 2.29. The van der Waals surface area contributed by atoms with Gasteiger partial charge in [-0.15, -0.1) is 10.2 Å². The molecular formula is C21H15ClFN3O. The topological polar surface area (TPSA) is 51.0 Å². The highest BCUT2D eigenvalue weighted by Gasteiger charge is 2.21. The van der Waals surface area contributed by atoms with Crippen LogP contribution < -0.4 is 5.32 Å². The minimum Gasteiger partial charge on any atom is -0.418 e. The predicted molar refractivity (Wildman–Crippen MR) is 103 cm³/mol. The Morgan fingerprint density at radius 2 is 1.67 bits per heavy atom. The summed E-state index contributed by atoms with van der Waals surface area (Å²) in [6.45, 7) is 0. The second-order valence-electron chi connectivity index (χ2n) is 5.95. The van der Waals surface area contributed by atoms with E-state index in [-0.39, 0.29) is 17.7 Å². The molecule has 0 saturated carbocycles. The van der Waals surface area contributed by atoms with Crippen molar-refractivity contribution in [2.75, 3.05) is 5.32 Å². The molecule has 27 heavy (non-hydrogen) atoms. The number of nitrogens with zero attached hydrogens (tertiary/aromatic N) is 2. The Morgan fingerprint density at radius 3 is 2.41 bits per heavy atom. The predicted octanol–water partition coefficient (Wildman–Crippen LogP) is 5.73. The van der Waals surface area contributed by atoms with Crippen molar-refractivity contribution in [3.8, 4) is 11.5 Å². The summed E-state index contributed by atoms with van der Waals surface area (Å²) in [6.07, 6.45) is 0. The van der Waals surface area contributed by atoms with Crippen LogP contribution in [0.5, 0.6) is 0 Å². The van der Waals surface area contributed by atoms with Gasteiger partial charge in [0.15, 0.2) is 0 Å². The van der Waals surface area contributed by atoms with Crippen LogP contribution in [0, 0.1) is 5.82 Å². The van der Waals surface area contributed by atoms with Gasteiger partial charge in [-0.25, -0.2) is 4.39 Å². The second kappa shape index (κ2) is 7.60. The maximum absolute atomic E-state index is 13.5. The van der Waals surface area contributed by atoms with Crippen LogP contribution in [0.3, 0.4) is 0 Å². The number of nitrogens with one attached hydrogen (secondary N) is 1. The van der Waals surface area contributed by atoms with Gasteiger partial charge in [-0.2, -0.15) is 0 Å². The SMILES string of the molecule is Fc1cccc(-c2nnc(C(Nc3ccccc3)c3ccc(Cl)cc3)o2)c1. The summed E-state index contributed by atoms with van der Waals surface area (Å²) in [5, 5.41) is 12.3. The molecule has 0 aliphatic rings. The smallest absolute Gasteiger partial charge is 0.247 e. The molecule has 0 saturated heterocycles. The Morgan fingerprint density at radius 1 is 0.889 bits per heavy atom. The normalized spacial score (nSPS) is 11.9. The van der Waals surface area contributed by atoms with E-state index in [2.05, 4.69) is 15.5 Å². The number of halogens is 2. The van der Waals surface area contributed by atoms with Crippen molar-refractivity contribution in [1.82, 2.24) is 10.2 Å². The molecule has 4 aromatic rings. The second-order valence-corrected chi connectivity index (χ2v) is 6.39. The molecule has 4 nitrogen and oxygen atoms in total. The van der Waals surface area contributed by atoms with E-state index in [0.717, 1.165) is 11.3 Å². The van der Waals surface area contributed by atoms with Gasteiger partial charge in [0.1, 0.15) is 11.9 Å². The van der Waals surface area contributed by atoms with Crippen LogP contribution in [-0.2, 0) is 0 Å². The molecule has 134 valence electrons. The first-order valence-corrected chi connectivity index (χ1v) is 8.73. The fraction of sp³-hybridized carbons (Fsp3) is 0.0476. The lowest BCUT2D eigenvalue weighted by molar-refractivity contribution is 0.493. The van der Waals surface area contributed by atoms with Crippen LogP contribution in [0.1, 0.15) is 17.5 Å². The van der Waals surface area contributed by atoms with Crippen molar-refractivity contribution in [1.29, 1.82) is 0 Å². The molecule has 0 fully saturated rings. The van der Waals surface area contributed by atoms with Gasteiger partial charge in [0.25, 0.3) is 0 Å². The van der Waals surface area contributed by atoms with Gasteiger partial charge in [0.05, 0.1) is 0 Å². The number of hydrogen-bond donors (Lipinski definition) is 1. The first-order valence-electron chi connectivity index (χ1n) is 8.35. The van der Waals surface area contributed by atoms with Crippen LogP contribution >= 0.6 is 11.6 Å². The molecule has 0 aliphatic carbocycles. The molecule has 3 aromatic carbocycles. The summed E-state index contributed by atoms with van der Waals surface area (Å²) in [4.78, 5) is 0. The van der Waals surface area contributed by atoms with Crippen molar-refractivity contribution in [2.45, 2.75) is 6.04 Å². The number of anilines is 1. The molecule has 0 aliphatic heterocycles. The van der Waals surface area contributed by atoms with Gasteiger partial charge >= 0.3 is 0 Å². The maximum atomic E-state index is 13.5. The lowest BCUT2D eigenvalue weighted by Crippen LogP contribution is -2.12. The van der Waals surface area contributed by atoms with Crippen molar-refractivity contribution in [3.63, 3.8) is 0 Å². The maximum Gasteiger partial charge on any atom is 0.247 e. The Hall–Kier alpha value is -3.18. The van der Waals surface area contributed by atoms with Crippen LogP contribution in [0.4, 0.5) is 10.1 Å². The fourth-order valence-corrected chi connectivity index (χ4v) is 2.86. The lowest BCUT2D eigenvalue weighted by atomic mass is 10.1. The van der Waals surface area contributed by atoms with E-state index in [0.29, 0.717) is 16.5 Å². The number of rotatable bonds is 5. The number of hydrogen-bond acceptors (Lipinski definition) is 4. The lowest BCUT2D eigenvalue weighted by Gasteiger charge is -2.17. The van der Waals surface area contributed by atoms with Crippen molar-refractivity contribution in [2.24, 2.45) is 0 Å². The zero-order valence-electron chi connectivity index (χ0n) is 14.1. The molecule has 1 aromatic heterocycles. The molecule has 1 unspecified atom stereocenters. The number of benzene rings is 3.